The van der Waals surface area contributed by atoms with Crippen molar-refractivity contribution in [2.45, 2.75) is 13.8 Å². The maximum Gasteiger partial charge on any atom is 0.123 e. The van der Waals surface area contributed by atoms with Gasteiger partial charge in [0.15, 0.2) is 0 Å². The second-order valence-electron chi connectivity index (χ2n) is 2.26. The Morgan fingerprint density at radius 1 is 1.50 bits per heavy atom. The van der Waals surface area contributed by atoms with E-state index in [1.54, 1.807) is 0 Å². The smallest absolute Gasteiger partial charge is 0.123 e. The Kier molecular flexibility index (Phi) is 2.13. The van der Waals surface area contributed by atoms with Crippen molar-refractivity contribution in [3.05, 3.63) is 20.9 Å². The monoisotopic (exact) mass is 248 g/mol. The third kappa shape index (κ3) is 1.39. The van der Waals surface area contributed by atoms with Crippen LogP contribution in [0, 0.1) is 17.4 Å². The van der Waals surface area contributed by atoms with E-state index >= 15 is 0 Å². The molecule has 2 nitrogen and oxygen atoms in total. The van der Waals surface area contributed by atoms with E-state index in [0.717, 1.165) is 5.69 Å². The second kappa shape index (κ2) is 2.74. The maximum atomic E-state index is 5.51. The van der Waals surface area contributed by atoms with Gasteiger partial charge in [0.2, 0.25) is 0 Å². The molecule has 0 saturated carbocycles. The number of rotatable bonds is 0. The predicted molar refractivity (Wildman–Crippen MR) is 50.8 cm³/mol. The van der Waals surface area contributed by atoms with E-state index in [1.165, 1.54) is 9.13 Å². The van der Waals surface area contributed by atoms with Gasteiger partial charge in [-0.25, -0.2) is 4.98 Å². The summed E-state index contributed by atoms with van der Waals surface area (Å²) in [6, 6.07) is 1.88. The molecule has 0 bridgehead atoms. The van der Waals surface area contributed by atoms with Crippen LogP contribution >= 0.6 is 22.6 Å². The Balaban J connectivity index is 3.31. The van der Waals surface area contributed by atoms with Crippen molar-refractivity contribution in [2.75, 3.05) is 5.73 Å². The van der Waals surface area contributed by atoms with Crippen LogP contribution in [0.3, 0.4) is 0 Å². The zero-order valence-electron chi connectivity index (χ0n) is 5.98. The minimum atomic E-state index is 0.607. The largest absolute Gasteiger partial charge is 0.384 e. The van der Waals surface area contributed by atoms with Crippen LogP contribution in [0.4, 0.5) is 5.82 Å². The lowest BCUT2D eigenvalue weighted by atomic mass is 10.2. The van der Waals surface area contributed by atoms with Crippen LogP contribution in [0.2, 0.25) is 0 Å². The molecule has 0 aliphatic carbocycles. The lowest BCUT2D eigenvalue weighted by molar-refractivity contribution is 1.16. The summed E-state index contributed by atoms with van der Waals surface area (Å²) >= 11 is 2.27. The quantitative estimate of drug-likeness (QED) is 0.712. The molecule has 1 aromatic heterocycles. The number of hydrogen-bond donors (Lipinski definition) is 1. The molecular formula is C7H9IN2. The van der Waals surface area contributed by atoms with Gasteiger partial charge in [0.25, 0.3) is 0 Å². The molecule has 0 saturated heterocycles. The second-order valence-corrected chi connectivity index (χ2v) is 3.34. The highest BCUT2D eigenvalue weighted by Gasteiger charge is 1.99. The fourth-order valence-electron chi connectivity index (χ4n) is 0.846. The van der Waals surface area contributed by atoms with Crippen LogP contribution in [0.1, 0.15) is 11.3 Å². The Hall–Kier alpha value is -0.320. The first-order chi connectivity index (χ1) is 4.61. The van der Waals surface area contributed by atoms with Gasteiger partial charge in [-0.3, -0.25) is 0 Å². The van der Waals surface area contributed by atoms with Gasteiger partial charge < -0.3 is 5.73 Å². The fourth-order valence-corrected chi connectivity index (χ4v) is 1.12. The number of hydrogen-bond acceptors (Lipinski definition) is 2. The van der Waals surface area contributed by atoms with Gasteiger partial charge >= 0.3 is 0 Å². The summed E-state index contributed by atoms with van der Waals surface area (Å²) in [7, 11) is 0. The number of aryl methyl sites for hydroxylation is 2. The predicted octanol–water partition coefficient (Wildman–Crippen LogP) is 1.89. The number of nitrogens with zero attached hydrogens (tertiary/aromatic N) is 1. The highest BCUT2D eigenvalue weighted by atomic mass is 127. The van der Waals surface area contributed by atoms with Crippen molar-refractivity contribution in [1.82, 2.24) is 4.98 Å². The van der Waals surface area contributed by atoms with Crippen LogP contribution in [-0.4, -0.2) is 4.98 Å². The number of nitrogens with two attached hydrogens (primary N) is 1. The molecule has 2 N–H and O–H groups in total. The van der Waals surface area contributed by atoms with Crippen LogP contribution < -0.4 is 5.73 Å². The average Bonchev–Trinajstić information content (AvgIpc) is 1.82. The van der Waals surface area contributed by atoms with E-state index in [2.05, 4.69) is 27.6 Å². The van der Waals surface area contributed by atoms with Gasteiger partial charge in [-0.1, -0.05) is 0 Å². The SMILES string of the molecule is Cc1cc(N)nc(C)c1I. The van der Waals surface area contributed by atoms with Crippen molar-refractivity contribution < 1.29 is 0 Å². The van der Waals surface area contributed by atoms with Gasteiger partial charge in [-0.15, -0.1) is 0 Å². The van der Waals surface area contributed by atoms with Gasteiger partial charge in [-0.2, -0.15) is 0 Å². The lowest BCUT2D eigenvalue weighted by Gasteiger charge is -2.01. The summed E-state index contributed by atoms with van der Waals surface area (Å²) in [5.74, 6) is 0.607. The summed E-state index contributed by atoms with van der Waals surface area (Å²) in [6.45, 7) is 4.00. The molecule has 3 heteroatoms. The Morgan fingerprint density at radius 3 is 2.60 bits per heavy atom. The molecule has 54 valence electrons. The molecule has 0 aliphatic heterocycles. The van der Waals surface area contributed by atoms with Gasteiger partial charge in [0, 0.05) is 3.57 Å². The normalized spacial score (nSPS) is 9.90. The Bertz CT molecular complexity index is 235. The van der Waals surface area contributed by atoms with Crippen LogP contribution in [0.15, 0.2) is 6.07 Å². The van der Waals surface area contributed by atoms with E-state index in [4.69, 9.17) is 5.73 Å². The number of nitrogen functional groups attached to an aromatic ring is 1. The van der Waals surface area contributed by atoms with Crippen molar-refractivity contribution >= 4 is 28.4 Å². The molecule has 0 amide bonds. The molecule has 0 radical (unpaired) electrons. The summed E-state index contributed by atoms with van der Waals surface area (Å²) in [5.41, 5.74) is 7.73. The lowest BCUT2D eigenvalue weighted by Crippen LogP contribution is -1.96. The number of anilines is 1. The topological polar surface area (TPSA) is 38.9 Å². The van der Waals surface area contributed by atoms with Crippen LogP contribution in [0.5, 0.6) is 0 Å². The Morgan fingerprint density at radius 2 is 2.10 bits per heavy atom. The zero-order chi connectivity index (χ0) is 7.72. The molecule has 0 unspecified atom stereocenters. The van der Waals surface area contributed by atoms with E-state index in [-0.39, 0.29) is 0 Å². The molecule has 0 atom stereocenters. The molecule has 10 heavy (non-hydrogen) atoms. The molecule has 0 aliphatic rings. The van der Waals surface area contributed by atoms with E-state index in [9.17, 15) is 0 Å². The highest BCUT2D eigenvalue weighted by molar-refractivity contribution is 14.1. The molecular weight excluding hydrogens is 239 g/mol. The zero-order valence-corrected chi connectivity index (χ0v) is 8.14. The van der Waals surface area contributed by atoms with E-state index in [0.29, 0.717) is 5.82 Å². The van der Waals surface area contributed by atoms with E-state index < -0.39 is 0 Å². The van der Waals surface area contributed by atoms with Crippen molar-refractivity contribution in [2.24, 2.45) is 0 Å². The number of pyridine rings is 1. The molecule has 1 rings (SSSR count). The standard InChI is InChI=1S/C7H9IN2/c1-4-3-6(9)10-5(2)7(4)8/h3H,1-2H3,(H2,9,10). The van der Waals surface area contributed by atoms with E-state index in [1.807, 2.05) is 19.9 Å². The molecule has 1 heterocycles. The van der Waals surface area contributed by atoms with Gasteiger partial charge in [-0.05, 0) is 48.1 Å². The van der Waals surface area contributed by atoms with Crippen molar-refractivity contribution in [3.8, 4) is 0 Å². The highest BCUT2D eigenvalue weighted by Crippen LogP contribution is 2.15. The number of aromatic nitrogens is 1. The summed E-state index contributed by atoms with van der Waals surface area (Å²) in [4.78, 5) is 4.10. The first-order valence-electron chi connectivity index (χ1n) is 3.00. The number of halogens is 1. The fraction of sp³-hybridized carbons (Fsp3) is 0.286. The summed E-state index contributed by atoms with van der Waals surface area (Å²) < 4.78 is 1.20. The van der Waals surface area contributed by atoms with Gasteiger partial charge in [0.05, 0.1) is 5.69 Å². The molecule has 0 aromatic carbocycles. The first-order valence-corrected chi connectivity index (χ1v) is 4.08. The Labute approximate surface area is 74.0 Å². The first kappa shape index (κ1) is 7.78. The minimum Gasteiger partial charge on any atom is -0.384 e. The van der Waals surface area contributed by atoms with Crippen LogP contribution in [-0.2, 0) is 0 Å². The van der Waals surface area contributed by atoms with Crippen molar-refractivity contribution in [1.29, 1.82) is 0 Å². The summed E-state index contributed by atoms with van der Waals surface area (Å²) in [6.07, 6.45) is 0. The maximum absolute atomic E-state index is 5.51. The third-order valence-corrected chi connectivity index (χ3v) is 2.96. The van der Waals surface area contributed by atoms with Crippen molar-refractivity contribution in [3.63, 3.8) is 0 Å². The molecule has 0 fully saturated rings. The average molecular weight is 248 g/mol. The molecule has 1 aromatic rings. The molecule has 0 spiro atoms. The van der Waals surface area contributed by atoms with Crippen LogP contribution in [0.25, 0.3) is 0 Å². The van der Waals surface area contributed by atoms with Gasteiger partial charge in [0.1, 0.15) is 5.82 Å². The summed E-state index contributed by atoms with van der Waals surface area (Å²) in [5, 5.41) is 0. The minimum absolute atomic E-state index is 0.607. The third-order valence-electron chi connectivity index (χ3n) is 1.33.